The number of nitrogens with zero attached hydrogens (tertiary/aromatic N) is 2. The molecule has 15 heavy (non-hydrogen) atoms. The Balaban J connectivity index is 2.45. The molecule has 0 saturated carbocycles. The average Bonchev–Trinajstić information content (AvgIpc) is 2.60. The second-order valence-electron chi connectivity index (χ2n) is 3.70. The van der Waals surface area contributed by atoms with Crippen molar-refractivity contribution in [1.29, 1.82) is 0 Å². The molecule has 1 N–H and O–H groups in total. The number of aliphatic hydroxyl groups is 1. The highest BCUT2D eigenvalue weighted by molar-refractivity contribution is 5.35. The van der Waals surface area contributed by atoms with Gasteiger partial charge in [-0.25, -0.2) is 4.68 Å². The molecular weight excluding hydrogens is 188 g/mol. The molecule has 3 heteroatoms. The van der Waals surface area contributed by atoms with E-state index in [9.17, 15) is 0 Å². The summed E-state index contributed by atoms with van der Waals surface area (Å²) in [7, 11) is 0. The molecule has 0 aliphatic heterocycles. The van der Waals surface area contributed by atoms with Crippen LogP contribution < -0.4 is 0 Å². The number of rotatable bonds is 2. The topological polar surface area (TPSA) is 38.0 Å². The smallest absolute Gasteiger partial charge is 0.0912 e. The zero-order valence-electron chi connectivity index (χ0n) is 8.94. The monoisotopic (exact) mass is 202 g/mol. The first-order chi connectivity index (χ1) is 7.20. The maximum atomic E-state index is 9.06. The van der Waals surface area contributed by atoms with E-state index in [2.05, 4.69) is 11.2 Å². The van der Waals surface area contributed by atoms with E-state index in [0.29, 0.717) is 0 Å². The van der Waals surface area contributed by atoms with E-state index in [4.69, 9.17) is 5.11 Å². The van der Waals surface area contributed by atoms with E-state index in [-0.39, 0.29) is 6.61 Å². The summed E-state index contributed by atoms with van der Waals surface area (Å²) in [5.41, 5.74) is 3.97. The van der Waals surface area contributed by atoms with Crippen LogP contribution >= 0.6 is 0 Å². The van der Waals surface area contributed by atoms with Gasteiger partial charge in [-0.1, -0.05) is 12.1 Å². The molecule has 0 fully saturated rings. The van der Waals surface area contributed by atoms with Crippen molar-refractivity contribution in [2.45, 2.75) is 20.5 Å². The fourth-order valence-electron chi connectivity index (χ4n) is 1.55. The maximum Gasteiger partial charge on any atom is 0.0912 e. The predicted octanol–water partition coefficient (Wildman–Crippen LogP) is 1.98. The van der Waals surface area contributed by atoms with E-state index >= 15 is 0 Å². The molecule has 0 saturated heterocycles. The van der Waals surface area contributed by atoms with Crippen molar-refractivity contribution in [3.63, 3.8) is 0 Å². The van der Waals surface area contributed by atoms with Gasteiger partial charge in [-0.3, -0.25) is 0 Å². The highest BCUT2D eigenvalue weighted by Crippen LogP contribution is 2.12. The lowest BCUT2D eigenvalue weighted by molar-refractivity contribution is 0.275. The third kappa shape index (κ3) is 1.92. The van der Waals surface area contributed by atoms with Gasteiger partial charge in [-0.15, -0.1) is 0 Å². The molecule has 1 heterocycles. The second kappa shape index (κ2) is 3.87. The van der Waals surface area contributed by atoms with E-state index in [1.807, 2.05) is 38.2 Å². The summed E-state index contributed by atoms with van der Waals surface area (Å²) in [5.74, 6) is 0. The zero-order valence-corrected chi connectivity index (χ0v) is 8.94. The predicted molar refractivity (Wildman–Crippen MR) is 59.0 cm³/mol. The lowest BCUT2D eigenvalue weighted by Gasteiger charge is -2.01. The summed E-state index contributed by atoms with van der Waals surface area (Å²) in [5, 5.41) is 13.4. The van der Waals surface area contributed by atoms with Crippen molar-refractivity contribution < 1.29 is 5.11 Å². The molecule has 78 valence electrons. The van der Waals surface area contributed by atoms with Crippen molar-refractivity contribution in [2.75, 3.05) is 0 Å². The van der Waals surface area contributed by atoms with Gasteiger partial charge in [0, 0.05) is 6.20 Å². The molecule has 1 aromatic heterocycles. The first kappa shape index (κ1) is 9.93. The van der Waals surface area contributed by atoms with Crippen LogP contribution in [0.2, 0.25) is 0 Å². The number of aryl methyl sites for hydroxylation is 2. The molecule has 3 nitrogen and oxygen atoms in total. The Labute approximate surface area is 89.0 Å². The molecule has 0 aliphatic rings. The van der Waals surface area contributed by atoms with Gasteiger partial charge in [-0.05, 0) is 37.1 Å². The maximum absolute atomic E-state index is 9.06. The molecule has 0 radical (unpaired) electrons. The Hall–Kier alpha value is -1.61. The SMILES string of the molecule is Cc1cccc(-n2cc(C)c(CO)n2)c1. The lowest BCUT2D eigenvalue weighted by Crippen LogP contribution is -1.96. The Morgan fingerprint density at radius 2 is 2.13 bits per heavy atom. The number of benzene rings is 1. The minimum Gasteiger partial charge on any atom is -0.390 e. The Morgan fingerprint density at radius 3 is 2.73 bits per heavy atom. The third-order valence-electron chi connectivity index (χ3n) is 2.42. The Bertz CT molecular complexity index is 474. The molecular formula is C12H14N2O. The Morgan fingerprint density at radius 1 is 1.33 bits per heavy atom. The summed E-state index contributed by atoms with van der Waals surface area (Å²) in [6.45, 7) is 3.99. The highest BCUT2D eigenvalue weighted by atomic mass is 16.3. The van der Waals surface area contributed by atoms with Crippen LogP contribution in [-0.4, -0.2) is 14.9 Å². The molecule has 2 aromatic rings. The van der Waals surface area contributed by atoms with Crippen LogP contribution in [0.25, 0.3) is 5.69 Å². The average molecular weight is 202 g/mol. The molecule has 0 bridgehead atoms. The molecule has 0 atom stereocenters. The summed E-state index contributed by atoms with van der Waals surface area (Å²) < 4.78 is 1.80. The molecule has 0 amide bonds. The van der Waals surface area contributed by atoms with Gasteiger partial charge in [0.1, 0.15) is 0 Å². The standard InChI is InChI=1S/C12H14N2O/c1-9-4-3-5-11(6-9)14-7-10(2)12(8-15)13-14/h3-7,15H,8H2,1-2H3. The van der Waals surface area contributed by atoms with Gasteiger partial charge in [0.05, 0.1) is 18.0 Å². The second-order valence-corrected chi connectivity index (χ2v) is 3.70. The van der Waals surface area contributed by atoms with Crippen molar-refractivity contribution in [3.05, 3.63) is 47.3 Å². The van der Waals surface area contributed by atoms with Crippen LogP contribution in [0, 0.1) is 13.8 Å². The fraction of sp³-hybridized carbons (Fsp3) is 0.250. The van der Waals surface area contributed by atoms with E-state index in [1.165, 1.54) is 5.56 Å². The highest BCUT2D eigenvalue weighted by Gasteiger charge is 2.04. The van der Waals surface area contributed by atoms with Crippen LogP contribution in [0.3, 0.4) is 0 Å². The van der Waals surface area contributed by atoms with Crippen LogP contribution in [0.5, 0.6) is 0 Å². The van der Waals surface area contributed by atoms with Crippen molar-refractivity contribution in [2.24, 2.45) is 0 Å². The largest absolute Gasteiger partial charge is 0.390 e. The van der Waals surface area contributed by atoms with Crippen LogP contribution in [0.4, 0.5) is 0 Å². The quantitative estimate of drug-likeness (QED) is 0.808. The fourth-order valence-corrected chi connectivity index (χ4v) is 1.55. The van der Waals surface area contributed by atoms with Crippen molar-refractivity contribution in [3.8, 4) is 5.69 Å². The van der Waals surface area contributed by atoms with E-state index in [1.54, 1.807) is 4.68 Å². The lowest BCUT2D eigenvalue weighted by atomic mass is 10.2. The number of hydrogen-bond donors (Lipinski definition) is 1. The molecule has 2 rings (SSSR count). The van der Waals surface area contributed by atoms with Crippen LogP contribution in [-0.2, 0) is 6.61 Å². The van der Waals surface area contributed by atoms with Gasteiger partial charge in [0.15, 0.2) is 0 Å². The Kier molecular flexibility index (Phi) is 2.56. The summed E-state index contributed by atoms with van der Waals surface area (Å²) in [4.78, 5) is 0. The zero-order chi connectivity index (χ0) is 10.8. The molecule has 1 aromatic carbocycles. The summed E-state index contributed by atoms with van der Waals surface area (Å²) >= 11 is 0. The molecule has 0 spiro atoms. The van der Waals surface area contributed by atoms with Gasteiger partial charge in [0.2, 0.25) is 0 Å². The van der Waals surface area contributed by atoms with Gasteiger partial charge < -0.3 is 5.11 Å². The molecule has 0 aliphatic carbocycles. The van der Waals surface area contributed by atoms with Gasteiger partial charge in [0.25, 0.3) is 0 Å². The van der Waals surface area contributed by atoms with Gasteiger partial charge in [-0.2, -0.15) is 5.10 Å². The number of hydrogen-bond acceptors (Lipinski definition) is 2. The van der Waals surface area contributed by atoms with Crippen LogP contribution in [0.15, 0.2) is 30.5 Å². The minimum atomic E-state index is -0.00928. The van der Waals surface area contributed by atoms with Crippen molar-refractivity contribution >= 4 is 0 Å². The normalized spacial score (nSPS) is 10.6. The van der Waals surface area contributed by atoms with Gasteiger partial charge >= 0.3 is 0 Å². The number of aliphatic hydroxyl groups excluding tert-OH is 1. The first-order valence-corrected chi connectivity index (χ1v) is 4.94. The summed E-state index contributed by atoms with van der Waals surface area (Å²) in [6, 6.07) is 8.11. The minimum absolute atomic E-state index is 0.00928. The van der Waals surface area contributed by atoms with Crippen LogP contribution in [0.1, 0.15) is 16.8 Å². The van der Waals surface area contributed by atoms with E-state index < -0.39 is 0 Å². The molecule has 0 unspecified atom stereocenters. The first-order valence-electron chi connectivity index (χ1n) is 4.94. The number of aromatic nitrogens is 2. The third-order valence-corrected chi connectivity index (χ3v) is 2.42. The van der Waals surface area contributed by atoms with E-state index in [0.717, 1.165) is 16.9 Å². The van der Waals surface area contributed by atoms with Crippen molar-refractivity contribution in [1.82, 2.24) is 9.78 Å². The summed E-state index contributed by atoms with van der Waals surface area (Å²) in [6.07, 6.45) is 1.93.